The van der Waals surface area contributed by atoms with Crippen molar-refractivity contribution in [1.29, 1.82) is 0 Å². The summed E-state index contributed by atoms with van der Waals surface area (Å²) in [6.07, 6.45) is 4.11. The van der Waals surface area contributed by atoms with Gasteiger partial charge in [-0.1, -0.05) is 18.2 Å². The van der Waals surface area contributed by atoms with Crippen LogP contribution in [0.25, 0.3) is 0 Å². The lowest BCUT2D eigenvalue weighted by Gasteiger charge is -2.09. The Kier molecular flexibility index (Phi) is 6.73. The molecule has 6 heteroatoms. The number of pyridine rings is 1. The second-order valence-electron chi connectivity index (χ2n) is 6.09. The maximum Gasteiger partial charge on any atom is 0.257 e. The fourth-order valence-electron chi connectivity index (χ4n) is 2.50. The highest BCUT2D eigenvalue weighted by molar-refractivity contribution is 6.04. The molecule has 0 bridgehead atoms. The van der Waals surface area contributed by atoms with Gasteiger partial charge in [0, 0.05) is 30.2 Å². The number of nitrogens with one attached hydrogen (secondary N) is 2. The van der Waals surface area contributed by atoms with Crippen molar-refractivity contribution < 1.29 is 14.3 Å². The van der Waals surface area contributed by atoms with Gasteiger partial charge >= 0.3 is 0 Å². The van der Waals surface area contributed by atoms with Crippen molar-refractivity contribution in [3.05, 3.63) is 84.7 Å². The zero-order valence-electron chi connectivity index (χ0n) is 15.3. The summed E-state index contributed by atoms with van der Waals surface area (Å²) in [5.41, 5.74) is 1.80. The quantitative estimate of drug-likeness (QED) is 0.580. The first-order chi connectivity index (χ1) is 13.7. The minimum absolute atomic E-state index is 0.0798. The number of aromatic nitrogens is 1. The Bertz CT molecular complexity index is 897. The summed E-state index contributed by atoms with van der Waals surface area (Å²) in [5, 5.41) is 5.62. The summed E-state index contributed by atoms with van der Waals surface area (Å²) in [5.74, 6) is 0.485. The molecule has 2 N–H and O–H groups in total. The number of para-hydroxylation sites is 1. The van der Waals surface area contributed by atoms with E-state index in [1.54, 1.807) is 42.6 Å². The summed E-state index contributed by atoms with van der Waals surface area (Å²) in [6.45, 7) is 0.483. The fraction of sp³-hybridized carbons (Fsp3) is 0.136. The number of ether oxygens (including phenoxy) is 1. The standard InChI is InChI=1S/C22H21N3O3/c26-21(9-5-15-28-20-7-2-1-3-8-20)24-18-10-12-19(13-11-18)25-22(27)17-6-4-14-23-16-17/h1-4,6-8,10-14,16H,5,9,15H2,(H,24,26)(H,25,27). The van der Waals surface area contributed by atoms with Crippen LogP contribution in [0.3, 0.4) is 0 Å². The molecule has 3 aromatic rings. The lowest BCUT2D eigenvalue weighted by Crippen LogP contribution is -2.13. The molecule has 1 aromatic heterocycles. The van der Waals surface area contributed by atoms with Crippen molar-refractivity contribution >= 4 is 23.2 Å². The first-order valence-electron chi connectivity index (χ1n) is 9.00. The number of amides is 2. The lowest BCUT2D eigenvalue weighted by atomic mass is 10.2. The highest BCUT2D eigenvalue weighted by Crippen LogP contribution is 2.15. The molecule has 0 atom stereocenters. The molecule has 2 amide bonds. The number of rotatable bonds is 8. The molecule has 0 saturated heterocycles. The number of anilines is 2. The smallest absolute Gasteiger partial charge is 0.257 e. The molecular formula is C22H21N3O3. The number of hydrogen-bond acceptors (Lipinski definition) is 4. The number of hydrogen-bond donors (Lipinski definition) is 2. The first-order valence-corrected chi connectivity index (χ1v) is 9.00. The zero-order valence-corrected chi connectivity index (χ0v) is 15.3. The van der Waals surface area contributed by atoms with Crippen LogP contribution in [0.2, 0.25) is 0 Å². The number of carbonyl (C=O) groups excluding carboxylic acids is 2. The van der Waals surface area contributed by atoms with E-state index >= 15 is 0 Å². The van der Waals surface area contributed by atoms with Crippen LogP contribution in [0, 0.1) is 0 Å². The summed E-state index contributed by atoms with van der Waals surface area (Å²) in [4.78, 5) is 28.0. The molecule has 0 radical (unpaired) electrons. The molecule has 0 fully saturated rings. The van der Waals surface area contributed by atoms with E-state index in [0.717, 1.165) is 5.75 Å². The Morgan fingerprint density at radius 1 is 0.857 bits per heavy atom. The van der Waals surface area contributed by atoms with E-state index in [0.29, 0.717) is 36.4 Å². The van der Waals surface area contributed by atoms with Gasteiger partial charge in [-0.2, -0.15) is 0 Å². The van der Waals surface area contributed by atoms with Crippen molar-refractivity contribution in [2.75, 3.05) is 17.2 Å². The van der Waals surface area contributed by atoms with Crippen LogP contribution < -0.4 is 15.4 Å². The van der Waals surface area contributed by atoms with Crippen molar-refractivity contribution in [3.8, 4) is 5.75 Å². The predicted molar refractivity (Wildman–Crippen MR) is 108 cm³/mol. The molecule has 0 aliphatic carbocycles. The second kappa shape index (κ2) is 9.87. The van der Waals surface area contributed by atoms with Crippen molar-refractivity contribution in [2.45, 2.75) is 12.8 Å². The van der Waals surface area contributed by atoms with Crippen LogP contribution in [0.4, 0.5) is 11.4 Å². The molecule has 3 rings (SSSR count). The van der Waals surface area contributed by atoms with E-state index in [9.17, 15) is 9.59 Å². The summed E-state index contributed by atoms with van der Waals surface area (Å²) in [7, 11) is 0. The summed E-state index contributed by atoms with van der Waals surface area (Å²) in [6, 6.07) is 19.9. The molecule has 0 saturated carbocycles. The summed E-state index contributed by atoms with van der Waals surface area (Å²) < 4.78 is 5.57. The van der Waals surface area contributed by atoms with E-state index < -0.39 is 0 Å². The van der Waals surface area contributed by atoms with Gasteiger partial charge in [-0.15, -0.1) is 0 Å². The molecule has 28 heavy (non-hydrogen) atoms. The van der Waals surface area contributed by atoms with E-state index in [2.05, 4.69) is 15.6 Å². The number of benzene rings is 2. The second-order valence-corrected chi connectivity index (χ2v) is 6.09. The Labute approximate surface area is 163 Å². The number of nitrogens with zero attached hydrogens (tertiary/aromatic N) is 1. The Balaban J connectivity index is 1.41. The molecule has 0 aliphatic heterocycles. The van der Waals surface area contributed by atoms with Gasteiger partial charge in [-0.25, -0.2) is 0 Å². The highest BCUT2D eigenvalue weighted by atomic mass is 16.5. The Hall–Kier alpha value is -3.67. The third-order valence-electron chi connectivity index (χ3n) is 3.91. The van der Waals surface area contributed by atoms with Crippen LogP contribution in [-0.4, -0.2) is 23.4 Å². The van der Waals surface area contributed by atoms with E-state index in [-0.39, 0.29) is 11.8 Å². The molecule has 1 heterocycles. The van der Waals surface area contributed by atoms with Crippen LogP contribution in [0.15, 0.2) is 79.1 Å². The van der Waals surface area contributed by atoms with Crippen molar-refractivity contribution in [3.63, 3.8) is 0 Å². The normalized spacial score (nSPS) is 10.1. The first kappa shape index (κ1) is 19.1. The highest BCUT2D eigenvalue weighted by Gasteiger charge is 2.06. The largest absolute Gasteiger partial charge is 0.494 e. The minimum Gasteiger partial charge on any atom is -0.494 e. The monoisotopic (exact) mass is 375 g/mol. The molecule has 6 nitrogen and oxygen atoms in total. The van der Waals surface area contributed by atoms with Gasteiger partial charge in [-0.3, -0.25) is 14.6 Å². The Morgan fingerprint density at radius 2 is 1.57 bits per heavy atom. The lowest BCUT2D eigenvalue weighted by molar-refractivity contribution is -0.116. The third-order valence-corrected chi connectivity index (χ3v) is 3.91. The van der Waals surface area contributed by atoms with Gasteiger partial charge in [0.05, 0.1) is 12.2 Å². The molecular weight excluding hydrogens is 354 g/mol. The Morgan fingerprint density at radius 3 is 2.25 bits per heavy atom. The molecule has 0 aliphatic rings. The van der Waals surface area contributed by atoms with E-state index in [4.69, 9.17) is 4.74 Å². The number of carbonyl (C=O) groups is 2. The summed E-state index contributed by atoms with van der Waals surface area (Å²) >= 11 is 0. The SMILES string of the molecule is O=C(CCCOc1ccccc1)Nc1ccc(NC(=O)c2cccnc2)cc1. The van der Waals surface area contributed by atoms with Crippen molar-refractivity contribution in [1.82, 2.24) is 4.98 Å². The molecule has 0 unspecified atom stereocenters. The maximum absolute atomic E-state index is 12.1. The molecule has 0 spiro atoms. The van der Waals surface area contributed by atoms with Crippen LogP contribution in [0.5, 0.6) is 5.75 Å². The van der Waals surface area contributed by atoms with Crippen molar-refractivity contribution in [2.24, 2.45) is 0 Å². The van der Waals surface area contributed by atoms with Crippen LogP contribution in [-0.2, 0) is 4.79 Å². The van der Waals surface area contributed by atoms with E-state index in [1.165, 1.54) is 6.20 Å². The van der Waals surface area contributed by atoms with Crippen LogP contribution >= 0.6 is 0 Å². The van der Waals surface area contributed by atoms with Gasteiger partial charge in [0.2, 0.25) is 5.91 Å². The minimum atomic E-state index is -0.233. The fourth-order valence-corrected chi connectivity index (χ4v) is 2.50. The third kappa shape index (κ3) is 5.95. The maximum atomic E-state index is 12.1. The van der Waals surface area contributed by atoms with Crippen LogP contribution in [0.1, 0.15) is 23.2 Å². The van der Waals surface area contributed by atoms with Gasteiger partial charge in [-0.05, 0) is 55.0 Å². The van der Waals surface area contributed by atoms with Gasteiger partial charge in [0.25, 0.3) is 5.91 Å². The van der Waals surface area contributed by atoms with E-state index in [1.807, 2.05) is 30.3 Å². The van der Waals surface area contributed by atoms with Gasteiger partial charge < -0.3 is 15.4 Å². The molecule has 142 valence electrons. The zero-order chi connectivity index (χ0) is 19.6. The topological polar surface area (TPSA) is 80.3 Å². The van der Waals surface area contributed by atoms with Gasteiger partial charge in [0.15, 0.2) is 0 Å². The predicted octanol–water partition coefficient (Wildman–Crippen LogP) is 4.13. The average Bonchev–Trinajstić information content (AvgIpc) is 2.74. The van der Waals surface area contributed by atoms with Gasteiger partial charge in [0.1, 0.15) is 5.75 Å². The molecule has 2 aromatic carbocycles. The average molecular weight is 375 g/mol.